The molecule has 0 aliphatic heterocycles. The summed E-state index contributed by atoms with van der Waals surface area (Å²) in [5.74, 6) is 0.336. The van der Waals surface area contributed by atoms with E-state index < -0.39 is 5.41 Å². The number of nitrogens with one attached hydrogen (secondary N) is 1. The molecular formula is C31H24N2OS. The van der Waals surface area contributed by atoms with Crippen LogP contribution in [0.2, 0.25) is 0 Å². The lowest BCUT2D eigenvalue weighted by Gasteiger charge is -2.50. The minimum atomic E-state index is -0.540. The summed E-state index contributed by atoms with van der Waals surface area (Å²) in [5, 5.41) is 8.27. The van der Waals surface area contributed by atoms with Crippen molar-refractivity contribution in [2.45, 2.75) is 25.2 Å². The number of fused-ring (bicyclic) bond motifs is 2. The summed E-state index contributed by atoms with van der Waals surface area (Å²) in [6, 6.07) is 32.0. The lowest BCUT2D eigenvalue weighted by Crippen LogP contribution is -2.47. The first kappa shape index (κ1) is 20.6. The van der Waals surface area contributed by atoms with E-state index in [1.807, 2.05) is 17.5 Å². The fourth-order valence-electron chi connectivity index (χ4n) is 6.24. The van der Waals surface area contributed by atoms with Gasteiger partial charge in [-0.1, -0.05) is 84.9 Å². The molecule has 2 bridgehead atoms. The maximum atomic E-state index is 13.9. The van der Waals surface area contributed by atoms with E-state index in [4.69, 9.17) is 4.98 Å². The number of amides is 1. The highest BCUT2D eigenvalue weighted by Gasteiger charge is 2.53. The van der Waals surface area contributed by atoms with Gasteiger partial charge in [-0.25, -0.2) is 4.98 Å². The minimum absolute atomic E-state index is 0.0415. The molecule has 3 nitrogen and oxygen atoms in total. The smallest absolute Gasteiger partial charge is 0.233 e. The van der Waals surface area contributed by atoms with E-state index in [-0.39, 0.29) is 17.7 Å². The van der Waals surface area contributed by atoms with E-state index in [0.29, 0.717) is 5.13 Å². The number of hydrogen-bond donors (Lipinski definition) is 1. The maximum absolute atomic E-state index is 13.9. The van der Waals surface area contributed by atoms with Crippen molar-refractivity contribution in [1.29, 1.82) is 0 Å². The van der Waals surface area contributed by atoms with Gasteiger partial charge in [-0.2, -0.15) is 0 Å². The summed E-state index contributed by atoms with van der Waals surface area (Å²) in [4.78, 5) is 18.7. The molecule has 4 heteroatoms. The van der Waals surface area contributed by atoms with Crippen LogP contribution >= 0.6 is 11.3 Å². The van der Waals surface area contributed by atoms with Gasteiger partial charge in [0.2, 0.25) is 5.91 Å². The highest BCUT2D eigenvalue weighted by atomic mass is 32.1. The van der Waals surface area contributed by atoms with E-state index in [1.165, 1.54) is 44.4 Å². The molecule has 3 aliphatic rings. The highest BCUT2D eigenvalue weighted by Crippen LogP contribution is 2.61. The van der Waals surface area contributed by atoms with Crippen LogP contribution in [0.5, 0.6) is 0 Å². The van der Waals surface area contributed by atoms with Gasteiger partial charge in [0.15, 0.2) is 5.13 Å². The van der Waals surface area contributed by atoms with Gasteiger partial charge in [-0.15, -0.1) is 11.3 Å². The van der Waals surface area contributed by atoms with Crippen LogP contribution in [0.15, 0.2) is 96.4 Å². The Labute approximate surface area is 208 Å². The second kappa shape index (κ2) is 7.62. The number of rotatable bonds is 3. The van der Waals surface area contributed by atoms with Gasteiger partial charge >= 0.3 is 0 Å². The molecule has 0 spiro atoms. The molecule has 1 amide bonds. The van der Waals surface area contributed by atoms with Crippen LogP contribution in [-0.4, -0.2) is 10.9 Å². The Kier molecular flexibility index (Phi) is 4.49. The van der Waals surface area contributed by atoms with E-state index in [1.54, 1.807) is 0 Å². The van der Waals surface area contributed by atoms with Crippen LogP contribution < -0.4 is 5.32 Å². The molecule has 1 N–H and O–H groups in total. The molecule has 0 radical (unpaired) electrons. The van der Waals surface area contributed by atoms with Crippen molar-refractivity contribution in [3.8, 4) is 11.3 Å². The first-order valence-electron chi connectivity index (χ1n) is 12.1. The van der Waals surface area contributed by atoms with Crippen LogP contribution in [0.1, 0.15) is 47.4 Å². The number of carbonyl (C=O) groups is 1. The van der Waals surface area contributed by atoms with Crippen LogP contribution in [0.3, 0.4) is 0 Å². The zero-order chi connectivity index (χ0) is 23.6. The second-order valence-corrected chi connectivity index (χ2v) is 10.8. The SMILES string of the molecule is C[C@]1(C(=O)Nc2nc(-c3ccc4ccccc4c3)cs2)CC2c3ccccc3C1c1ccccc12. The van der Waals surface area contributed by atoms with E-state index in [2.05, 4.69) is 91.1 Å². The molecule has 0 saturated carbocycles. The van der Waals surface area contributed by atoms with Crippen molar-refractivity contribution in [2.24, 2.45) is 5.41 Å². The third-order valence-corrected chi connectivity index (χ3v) is 8.68. The zero-order valence-electron chi connectivity index (χ0n) is 19.4. The molecule has 170 valence electrons. The molecule has 8 rings (SSSR count). The predicted octanol–water partition coefficient (Wildman–Crippen LogP) is 7.59. The number of hydrogen-bond acceptors (Lipinski definition) is 3. The van der Waals surface area contributed by atoms with E-state index in [9.17, 15) is 4.79 Å². The molecule has 1 aromatic heterocycles. The summed E-state index contributed by atoms with van der Waals surface area (Å²) in [7, 11) is 0. The quantitative estimate of drug-likeness (QED) is 0.294. The average molecular weight is 473 g/mol. The molecule has 35 heavy (non-hydrogen) atoms. The summed E-state index contributed by atoms with van der Waals surface area (Å²) in [6.45, 7) is 2.13. The van der Waals surface area contributed by atoms with Gasteiger partial charge in [0.25, 0.3) is 0 Å². The standard InChI is InChI=1S/C31H24N2OS/c1-31(17-26-22-10-4-6-12-24(22)28(31)25-13-7-5-11-23(25)26)29(34)33-30-32-27(18-35-30)21-15-14-19-8-2-3-9-20(19)16-21/h2-16,18,26,28H,17H2,1H3,(H,32,33,34)/t26?,28?,31-/m0/s1. The number of thiazole rings is 1. The summed E-state index contributed by atoms with van der Waals surface area (Å²) in [5.41, 5.74) is 6.73. The van der Waals surface area contributed by atoms with Crippen molar-refractivity contribution in [2.75, 3.05) is 5.32 Å². The van der Waals surface area contributed by atoms with E-state index >= 15 is 0 Å². The Balaban J connectivity index is 1.22. The molecule has 0 fully saturated rings. The molecular weight excluding hydrogens is 448 g/mol. The van der Waals surface area contributed by atoms with Gasteiger partial charge in [0, 0.05) is 22.8 Å². The molecule has 4 aromatic carbocycles. The molecule has 1 atom stereocenters. The molecule has 0 unspecified atom stereocenters. The number of carbonyl (C=O) groups excluding carboxylic acids is 1. The van der Waals surface area contributed by atoms with E-state index in [0.717, 1.165) is 17.7 Å². The lowest BCUT2D eigenvalue weighted by molar-refractivity contribution is -0.126. The second-order valence-electron chi connectivity index (χ2n) is 9.92. The maximum Gasteiger partial charge on any atom is 0.233 e. The Hall–Kier alpha value is -3.76. The topological polar surface area (TPSA) is 42.0 Å². The Bertz CT molecular complexity index is 1570. The van der Waals surface area contributed by atoms with Gasteiger partial charge < -0.3 is 5.32 Å². The Morgan fingerprint density at radius 3 is 2.20 bits per heavy atom. The third kappa shape index (κ3) is 3.10. The summed E-state index contributed by atoms with van der Waals surface area (Å²) < 4.78 is 0. The minimum Gasteiger partial charge on any atom is -0.301 e. The van der Waals surface area contributed by atoms with Crippen LogP contribution in [0, 0.1) is 5.41 Å². The first-order chi connectivity index (χ1) is 17.1. The molecule has 5 aromatic rings. The largest absolute Gasteiger partial charge is 0.301 e. The number of nitrogens with zero attached hydrogens (tertiary/aromatic N) is 1. The van der Waals surface area contributed by atoms with Gasteiger partial charge in [0.05, 0.1) is 11.1 Å². The average Bonchev–Trinajstić information content (AvgIpc) is 3.37. The normalized spacial score (nSPS) is 22.0. The molecule has 3 aliphatic carbocycles. The van der Waals surface area contributed by atoms with Crippen LogP contribution in [-0.2, 0) is 4.79 Å². The Morgan fingerprint density at radius 2 is 1.49 bits per heavy atom. The highest BCUT2D eigenvalue weighted by molar-refractivity contribution is 7.14. The van der Waals surface area contributed by atoms with Crippen molar-refractivity contribution < 1.29 is 4.79 Å². The lowest BCUT2D eigenvalue weighted by atomic mass is 9.52. The molecule has 0 saturated heterocycles. The summed E-state index contributed by atoms with van der Waals surface area (Å²) >= 11 is 1.49. The monoisotopic (exact) mass is 472 g/mol. The number of benzene rings is 4. The van der Waals surface area contributed by atoms with Crippen LogP contribution in [0.25, 0.3) is 22.0 Å². The van der Waals surface area contributed by atoms with Crippen LogP contribution in [0.4, 0.5) is 5.13 Å². The molecule has 1 heterocycles. The number of aromatic nitrogens is 1. The third-order valence-electron chi connectivity index (χ3n) is 7.92. The van der Waals surface area contributed by atoms with Gasteiger partial charge in [-0.3, -0.25) is 4.79 Å². The fourth-order valence-corrected chi connectivity index (χ4v) is 6.96. The Morgan fingerprint density at radius 1 is 0.857 bits per heavy atom. The fraction of sp³-hybridized carbons (Fsp3) is 0.161. The van der Waals surface area contributed by atoms with Crippen molar-refractivity contribution in [3.05, 3.63) is 119 Å². The van der Waals surface area contributed by atoms with Gasteiger partial charge in [0.1, 0.15) is 0 Å². The zero-order valence-corrected chi connectivity index (χ0v) is 20.2. The van der Waals surface area contributed by atoms with Gasteiger partial charge in [-0.05, 0) is 52.4 Å². The number of anilines is 1. The first-order valence-corrected chi connectivity index (χ1v) is 12.9. The van der Waals surface area contributed by atoms with Crippen molar-refractivity contribution >= 4 is 33.1 Å². The summed E-state index contributed by atoms with van der Waals surface area (Å²) in [6.07, 6.45) is 0.806. The predicted molar refractivity (Wildman–Crippen MR) is 143 cm³/mol. The van der Waals surface area contributed by atoms with Crippen molar-refractivity contribution in [3.63, 3.8) is 0 Å². The van der Waals surface area contributed by atoms with Crippen molar-refractivity contribution in [1.82, 2.24) is 4.98 Å².